The zero-order chi connectivity index (χ0) is 36.0. The molecule has 4 heterocycles. The van der Waals surface area contributed by atoms with Crippen molar-refractivity contribution in [1.82, 2.24) is 0 Å². The van der Waals surface area contributed by atoms with Gasteiger partial charge >= 0.3 is 11.9 Å². The minimum Gasteiger partial charge on any atom is -0.462 e. The highest BCUT2D eigenvalue weighted by atomic mass is 16.7. The van der Waals surface area contributed by atoms with Gasteiger partial charge in [0.2, 0.25) is 5.79 Å². The van der Waals surface area contributed by atoms with Crippen LogP contribution in [0.2, 0.25) is 0 Å². The summed E-state index contributed by atoms with van der Waals surface area (Å²) in [6.07, 6.45) is 3.46. The lowest BCUT2D eigenvalue weighted by Gasteiger charge is -2.54. The largest absolute Gasteiger partial charge is 0.462 e. The second-order valence-corrected chi connectivity index (χ2v) is 14.9. The molecule has 0 aromatic carbocycles. The van der Waals surface area contributed by atoms with Gasteiger partial charge in [-0.3, -0.25) is 9.59 Å². The van der Waals surface area contributed by atoms with E-state index >= 15 is 0 Å². The molecule has 3 saturated heterocycles. The number of ether oxygens (including phenoxy) is 5. The maximum atomic E-state index is 14.2. The van der Waals surface area contributed by atoms with E-state index in [1.165, 1.54) is 6.08 Å². The molecule has 0 radical (unpaired) electrons. The van der Waals surface area contributed by atoms with Crippen molar-refractivity contribution in [3.05, 3.63) is 58.7 Å². The van der Waals surface area contributed by atoms with Gasteiger partial charge < -0.3 is 44.1 Å². The molecule has 0 aromatic rings. The topological polar surface area (TPSA) is 161 Å². The molecular weight excluding hydrogens is 632 g/mol. The molecule has 5 aliphatic rings. The quantitative estimate of drug-likeness (QED) is 0.254. The van der Waals surface area contributed by atoms with Gasteiger partial charge in [0.15, 0.2) is 0 Å². The number of allylic oxidation sites excluding steroid dienone is 3. The van der Waals surface area contributed by atoms with E-state index in [2.05, 4.69) is 0 Å². The Balaban J connectivity index is 1.59. The van der Waals surface area contributed by atoms with Crippen LogP contribution in [-0.2, 0) is 33.3 Å². The lowest BCUT2D eigenvalue weighted by Crippen LogP contribution is -2.67. The summed E-state index contributed by atoms with van der Waals surface area (Å²) in [6.45, 7) is 14.4. The van der Waals surface area contributed by atoms with E-state index in [9.17, 15) is 30.0 Å². The second kappa shape index (κ2) is 14.5. The van der Waals surface area contributed by atoms with Crippen molar-refractivity contribution in [2.24, 2.45) is 23.7 Å². The Morgan fingerprint density at radius 3 is 2.47 bits per heavy atom. The Morgan fingerprint density at radius 1 is 1.08 bits per heavy atom. The Bertz CT molecular complexity index is 1430. The fraction of sp³-hybridized carbons (Fsp3) is 0.684. The Hall–Kier alpha value is -2.64. The number of fused-ring (bicyclic) bond motifs is 2. The number of carbonyl (C=O) groups excluding carboxylic acids is 2. The molecule has 49 heavy (non-hydrogen) atoms. The van der Waals surface area contributed by atoms with Crippen LogP contribution in [-0.4, -0.2) is 99.2 Å². The molecule has 3 fully saturated rings. The van der Waals surface area contributed by atoms with Crippen LogP contribution in [0.15, 0.2) is 58.7 Å². The Kier molecular flexibility index (Phi) is 11.2. The number of hydrogen-bond acceptors (Lipinski definition) is 11. The highest BCUT2D eigenvalue weighted by Gasteiger charge is 2.62. The first kappa shape index (κ1) is 37.6. The summed E-state index contributed by atoms with van der Waals surface area (Å²) in [5.41, 5.74) is 0.547. The van der Waals surface area contributed by atoms with E-state index in [-0.39, 0.29) is 25.4 Å². The van der Waals surface area contributed by atoms with Gasteiger partial charge in [-0.1, -0.05) is 64.2 Å². The standard InChI is InChI=1S/C38H54O11/c1-9-20(4)31-24(8)32(47-35(42)19(2)3)33(41)37(49-31)17-27-16-26(48-37)14-13-22(6)29(39)21(5)11-10-12-25-18-45-34-30(40)23(7)15-28(36(43)46-27)38(25,34)44/h9-13,15,19,21,24,26-34,39-41,44H,14,16-18H2,1-8H3/b11-10+,20-9+,22-13+,25-12+/t21-,24+,26?,27-,28-,29+,30+,31+,32-,33+,34+,37-,38+/m0/s1. The molecule has 4 aliphatic heterocycles. The molecule has 1 unspecified atom stereocenters. The molecule has 0 saturated carbocycles. The van der Waals surface area contributed by atoms with Crippen molar-refractivity contribution < 1.29 is 53.7 Å². The summed E-state index contributed by atoms with van der Waals surface area (Å²) < 4.78 is 31.4. The molecule has 11 nitrogen and oxygen atoms in total. The van der Waals surface area contributed by atoms with Crippen molar-refractivity contribution >= 4 is 11.9 Å². The van der Waals surface area contributed by atoms with Gasteiger partial charge in [-0.05, 0) is 56.4 Å². The van der Waals surface area contributed by atoms with Gasteiger partial charge in [0.05, 0.1) is 30.8 Å². The third-order valence-corrected chi connectivity index (χ3v) is 11.1. The molecule has 11 heteroatoms. The summed E-state index contributed by atoms with van der Waals surface area (Å²) in [7, 11) is 0. The number of aliphatic hydroxyl groups is 4. The van der Waals surface area contributed by atoms with E-state index in [4.69, 9.17) is 23.7 Å². The molecule has 13 atom stereocenters. The fourth-order valence-corrected chi connectivity index (χ4v) is 7.80. The molecule has 272 valence electrons. The van der Waals surface area contributed by atoms with Crippen molar-refractivity contribution in [2.75, 3.05) is 6.61 Å². The normalized spacial score (nSPS) is 46.1. The summed E-state index contributed by atoms with van der Waals surface area (Å²) in [5.74, 6) is -5.28. The number of rotatable bonds is 3. The molecule has 1 aliphatic carbocycles. The van der Waals surface area contributed by atoms with Crippen molar-refractivity contribution in [3.63, 3.8) is 0 Å². The number of esters is 2. The summed E-state index contributed by atoms with van der Waals surface area (Å²) in [4.78, 5) is 27.1. The van der Waals surface area contributed by atoms with Gasteiger partial charge in [-0.25, -0.2) is 0 Å². The first-order chi connectivity index (χ1) is 23.0. The molecule has 1 spiro atoms. The van der Waals surface area contributed by atoms with Crippen LogP contribution >= 0.6 is 0 Å². The first-order valence-electron chi connectivity index (χ1n) is 17.5. The zero-order valence-corrected chi connectivity index (χ0v) is 29.9. The first-order valence-corrected chi connectivity index (χ1v) is 17.5. The summed E-state index contributed by atoms with van der Waals surface area (Å²) in [6, 6.07) is 0. The van der Waals surface area contributed by atoms with Crippen LogP contribution in [0.3, 0.4) is 0 Å². The predicted octanol–water partition coefficient (Wildman–Crippen LogP) is 3.60. The average Bonchev–Trinajstić information content (AvgIpc) is 3.40. The summed E-state index contributed by atoms with van der Waals surface area (Å²) in [5, 5.41) is 46.4. The maximum absolute atomic E-state index is 14.2. The smallest absolute Gasteiger partial charge is 0.316 e. The molecule has 0 aromatic heterocycles. The highest BCUT2D eigenvalue weighted by molar-refractivity contribution is 5.78. The second-order valence-electron chi connectivity index (χ2n) is 14.9. The SMILES string of the molecule is C/C=C(\C)[C@H]1O[C@@]2(C[C@@H]3CC(C/C=C(\C)[C@H](O)[C@@H](C)/C=C/C=C4\CO[C@@H]5[C@H](O)C(C)=C[C@@H](C(=O)O3)[C@]45O)O2)[C@H](O)[C@@H](OC(=O)C(C)C)[C@@H]1C. The predicted molar refractivity (Wildman–Crippen MR) is 180 cm³/mol. The third-order valence-electron chi connectivity index (χ3n) is 11.1. The molecule has 5 rings (SSSR count). The van der Waals surface area contributed by atoms with Gasteiger partial charge in [0, 0.05) is 24.7 Å². The van der Waals surface area contributed by atoms with Crippen LogP contribution in [0.4, 0.5) is 0 Å². The van der Waals surface area contributed by atoms with E-state index < -0.39 is 89.9 Å². The van der Waals surface area contributed by atoms with Crippen molar-refractivity contribution in [3.8, 4) is 0 Å². The minimum absolute atomic E-state index is 0.00776. The van der Waals surface area contributed by atoms with Gasteiger partial charge in [0.25, 0.3) is 0 Å². The highest BCUT2D eigenvalue weighted by Crippen LogP contribution is 2.48. The zero-order valence-electron chi connectivity index (χ0n) is 29.9. The van der Waals surface area contributed by atoms with Crippen LogP contribution < -0.4 is 0 Å². The van der Waals surface area contributed by atoms with Gasteiger partial charge in [-0.15, -0.1) is 0 Å². The lowest BCUT2D eigenvalue weighted by molar-refractivity contribution is -0.380. The van der Waals surface area contributed by atoms with Crippen LogP contribution in [0.5, 0.6) is 0 Å². The molecule has 0 amide bonds. The number of aliphatic hydroxyl groups excluding tert-OH is 3. The van der Waals surface area contributed by atoms with Gasteiger partial charge in [-0.2, -0.15) is 0 Å². The van der Waals surface area contributed by atoms with E-state index in [0.717, 1.165) is 5.57 Å². The lowest BCUT2D eigenvalue weighted by atomic mass is 9.71. The van der Waals surface area contributed by atoms with Crippen LogP contribution in [0.25, 0.3) is 0 Å². The Morgan fingerprint density at radius 2 is 1.80 bits per heavy atom. The fourth-order valence-electron chi connectivity index (χ4n) is 7.80. The Labute approximate surface area is 289 Å². The maximum Gasteiger partial charge on any atom is 0.316 e. The minimum atomic E-state index is -1.89. The van der Waals surface area contributed by atoms with E-state index in [1.807, 2.05) is 52.8 Å². The summed E-state index contributed by atoms with van der Waals surface area (Å²) >= 11 is 0. The third kappa shape index (κ3) is 7.00. The van der Waals surface area contributed by atoms with Gasteiger partial charge in [0.1, 0.15) is 42.0 Å². The molecule has 2 bridgehead atoms. The molecular formula is C38H54O11. The van der Waals surface area contributed by atoms with Crippen molar-refractivity contribution in [1.29, 1.82) is 0 Å². The van der Waals surface area contributed by atoms with E-state index in [0.29, 0.717) is 23.1 Å². The van der Waals surface area contributed by atoms with E-state index in [1.54, 1.807) is 32.9 Å². The average molecular weight is 687 g/mol. The monoisotopic (exact) mass is 686 g/mol. The number of carbonyl (C=O) groups is 2. The van der Waals surface area contributed by atoms with Crippen LogP contribution in [0.1, 0.15) is 74.7 Å². The number of hydrogen-bond donors (Lipinski definition) is 4. The molecule has 4 N–H and O–H groups in total. The van der Waals surface area contributed by atoms with Crippen LogP contribution in [0, 0.1) is 23.7 Å². The van der Waals surface area contributed by atoms with Crippen molar-refractivity contribution in [2.45, 2.75) is 135 Å².